The van der Waals surface area contributed by atoms with Gasteiger partial charge in [0.1, 0.15) is 0 Å². The summed E-state index contributed by atoms with van der Waals surface area (Å²) in [6.07, 6.45) is 1.79. The van der Waals surface area contributed by atoms with Gasteiger partial charge in [0.2, 0.25) is 5.91 Å². The Labute approximate surface area is 190 Å². The number of amides is 1. The van der Waals surface area contributed by atoms with Crippen LogP contribution in [0.25, 0.3) is 16.0 Å². The predicted octanol–water partition coefficient (Wildman–Crippen LogP) is 4.05. The summed E-state index contributed by atoms with van der Waals surface area (Å²) in [6.45, 7) is 7.43. The fraction of sp³-hybridized carbons (Fsp3) is 0.348. The van der Waals surface area contributed by atoms with Gasteiger partial charge in [-0.1, -0.05) is 0 Å². The van der Waals surface area contributed by atoms with E-state index in [1.807, 2.05) is 57.2 Å². The normalized spacial score (nSPS) is 16.5. The highest BCUT2D eigenvalue weighted by atomic mass is 32.1. The molecule has 0 bridgehead atoms. The van der Waals surface area contributed by atoms with Crippen molar-refractivity contribution in [1.29, 1.82) is 0 Å². The van der Waals surface area contributed by atoms with E-state index in [2.05, 4.69) is 30.5 Å². The van der Waals surface area contributed by atoms with Crippen molar-refractivity contribution in [2.24, 2.45) is 5.92 Å². The molecule has 4 aromatic rings. The van der Waals surface area contributed by atoms with Crippen LogP contribution in [0.15, 0.2) is 36.4 Å². The molecule has 1 aliphatic heterocycles. The van der Waals surface area contributed by atoms with Crippen molar-refractivity contribution >= 4 is 39.0 Å². The third kappa shape index (κ3) is 4.08. The molecule has 1 N–H and O–H groups in total. The molecular formula is C23H25N7OS. The Kier molecular flexibility index (Phi) is 5.34. The maximum atomic E-state index is 13.0. The molecule has 164 valence electrons. The number of aryl methyl sites for hydroxylation is 3. The Morgan fingerprint density at radius 2 is 1.91 bits per heavy atom. The van der Waals surface area contributed by atoms with Gasteiger partial charge in [0.25, 0.3) is 0 Å². The summed E-state index contributed by atoms with van der Waals surface area (Å²) in [6, 6.07) is 11.8. The Bertz CT molecular complexity index is 1280. The van der Waals surface area contributed by atoms with Gasteiger partial charge in [-0.15, -0.1) is 21.5 Å². The van der Waals surface area contributed by atoms with Gasteiger partial charge < -0.3 is 10.2 Å². The lowest BCUT2D eigenvalue weighted by Crippen LogP contribution is -2.41. The number of aromatic nitrogens is 5. The van der Waals surface area contributed by atoms with Gasteiger partial charge in [-0.05, 0) is 70.0 Å². The molecule has 32 heavy (non-hydrogen) atoms. The van der Waals surface area contributed by atoms with Crippen LogP contribution >= 0.6 is 11.3 Å². The summed E-state index contributed by atoms with van der Waals surface area (Å²) in [5.41, 5.74) is 3.68. The topological polar surface area (TPSA) is 88.8 Å². The maximum absolute atomic E-state index is 13.0. The molecule has 4 heterocycles. The largest absolute Gasteiger partial charge is 0.354 e. The average Bonchev–Trinajstić information content (AvgIpc) is 3.33. The zero-order valence-electron chi connectivity index (χ0n) is 18.4. The first-order valence-electron chi connectivity index (χ1n) is 10.8. The van der Waals surface area contributed by atoms with Crippen LogP contribution in [0.3, 0.4) is 0 Å². The number of rotatable bonds is 4. The van der Waals surface area contributed by atoms with Crippen molar-refractivity contribution in [3.63, 3.8) is 0 Å². The molecule has 1 atom stereocenters. The van der Waals surface area contributed by atoms with E-state index in [0.717, 1.165) is 57.5 Å². The van der Waals surface area contributed by atoms with Gasteiger partial charge in [-0.3, -0.25) is 4.79 Å². The molecule has 0 aliphatic carbocycles. The van der Waals surface area contributed by atoms with Crippen molar-refractivity contribution < 1.29 is 4.79 Å². The number of nitrogens with zero attached hydrogens (tertiary/aromatic N) is 6. The number of anilines is 2. The first kappa shape index (κ1) is 20.6. The molecule has 0 unspecified atom stereocenters. The third-order valence-electron chi connectivity index (χ3n) is 5.74. The van der Waals surface area contributed by atoms with Crippen molar-refractivity contribution in [3.05, 3.63) is 52.8 Å². The van der Waals surface area contributed by atoms with Crippen molar-refractivity contribution in [2.45, 2.75) is 33.6 Å². The lowest BCUT2D eigenvalue weighted by molar-refractivity contribution is -0.120. The molecule has 0 radical (unpaired) electrons. The lowest BCUT2D eigenvalue weighted by Gasteiger charge is -2.32. The van der Waals surface area contributed by atoms with E-state index in [9.17, 15) is 4.79 Å². The first-order chi connectivity index (χ1) is 15.5. The third-order valence-corrected chi connectivity index (χ3v) is 6.69. The van der Waals surface area contributed by atoms with E-state index < -0.39 is 0 Å². The molecular weight excluding hydrogens is 422 g/mol. The van der Waals surface area contributed by atoms with E-state index in [0.29, 0.717) is 12.4 Å². The number of carbonyl (C=O) groups excluding carboxylic acids is 1. The number of carbonyl (C=O) groups is 1. The first-order valence-corrected chi connectivity index (χ1v) is 11.6. The number of thiazole rings is 1. The van der Waals surface area contributed by atoms with Crippen LogP contribution in [0.2, 0.25) is 0 Å². The Hall–Kier alpha value is -3.33. The zero-order chi connectivity index (χ0) is 22.2. The number of hydrogen-bond acceptors (Lipinski definition) is 7. The van der Waals surface area contributed by atoms with Crippen molar-refractivity contribution in [3.8, 4) is 5.82 Å². The number of piperidine rings is 1. The fourth-order valence-electron chi connectivity index (χ4n) is 4.22. The lowest BCUT2D eigenvalue weighted by atomic mass is 9.97. The number of fused-ring (bicyclic) bond motifs is 1. The van der Waals surface area contributed by atoms with E-state index in [4.69, 9.17) is 0 Å². The second kappa shape index (κ2) is 8.31. The van der Waals surface area contributed by atoms with Crippen LogP contribution in [0, 0.1) is 26.7 Å². The molecule has 1 aliphatic rings. The monoisotopic (exact) mass is 447 g/mol. The SMILES string of the molecule is Cc1cc(C)n(-c2ccc(N3CCC[C@H](C(=O)Nc4ccc5sc(C)nc5c4)C3)nn2)n1. The minimum Gasteiger partial charge on any atom is -0.354 e. The molecule has 3 aromatic heterocycles. The summed E-state index contributed by atoms with van der Waals surface area (Å²) in [5, 5.41) is 17.4. The quantitative estimate of drug-likeness (QED) is 0.508. The Morgan fingerprint density at radius 3 is 2.66 bits per heavy atom. The smallest absolute Gasteiger partial charge is 0.229 e. The van der Waals surface area contributed by atoms with Crippen LogP contribution < -0.4 is 10.2 Å². The van der Waals surface area contributed by atoms with Gasteiger partial charge in [0.15, 0.2) is 11.6 Å². The zero-order valence-corrected chi connectivity index (χ0v) is 19.2. The van der Waals surface area contributed by atoms with Gasteiger partial charge >= 0.3 is 0 Å². The van der Waals surface area contributed by atoms with E-state index in [1.54, 1.807) is 16.0 Å². The van der Waals surface area contributed by atoms with E-state index >= 15 is 0 Å². The summed E-state index contributed by atoms with van der Waals surface area (Å²) >= 11 is 1.66. The molecule has 1 amide bonds. The number of benzene rings is 1. The van der Waals surface area contributed by atoms with Gasteiger partial charge in [-0.25, -0.2) is 9.67 Å². The molecule has 1 aromatic carbocycles. The second-order valence-electron chi connectivity index (χ2n) is 8.28. The molecule has 0 saturated carbocycles. The highest BCUT2D eigenvalue weighted by Gasteiger charge is 2.27. The summed E-state index contributed by atoms with van der Waals surface area (Å²) in [7, 11) is 0. The van der Waals surface area contributed by atoms with Crippen molar-refractivity contribution in [2.75, 3.05) is 23.3 Å². The van der Waals surface area contributed by atoms with Crippen LogP contribution in [-0.4, -0.2) is 44.0 Å². The van der Waals surface area contributed by atoms with Gasteiger partial charge in [0, 0.05) is 24.5 Å². The van der Waals surface area contributed by atoms with Crippen LogP contribution in [0.4, 0.5) is 11.5 Å². The number of hydrogen-bond donors (Lipinski definition) is 1. The minimum atomic E-state index is -0.103. The Morgan fingerprint density at radius 1 is 1.09 bits per heavy atom. The van der Waals surface area contributed by atoms with Gasteiger partial charge in [0.05, 0.1) is 26.8 Å². The summed E-state index contributed by atoms with van der Waals surface area (Å²) in [5.74, 6) is 1.41. The Balaban J connectivity index is 1.27. The van der Waals surface area contributed by atoms with E-state index in [1.165, 1.54) is 0 Å². The number of nitrogens with one attached hydrogen (secondary N) is 1. The van der Waals surface area contributed by atoms with Crippen LogP contribution in [-0.2, 0) is 4.79 Å². The minimum absolute atomic E-state index is 0.0354. The molecule has 5 rings (SSSR count). The molecule has 0 spiro atoms. The van der Waals surface area contributed by atoms with E-state index in [-0.39, 0.29) is 11.8 Å². The maximum Gasteiger partial charge on any atom is 0.229 e. The highest BCUT2D eigenvalue weighted by Crippen LogP contribution is 2.26. The second-order valence-corrected chi connectivity index (χ2v) is 9.51. The highest BCUT2D eigenvalue weighted by molar-refractivity contribution is 7.18. The molecule has 1 saturated heterocycles. The fourth-order valence-corrected chi connectivity index (χ4v) is 5.03. The van der Waals surface area contributed by atoms with Crippen LogP contribution in [0.1, 0.15) is 29.2 Å². The summed E-state index contributed by atoms with van der Waals surface area (Å²) < 4.78 is 2.92. The predicted molar refractivity (Wildman–Crippen MR) is 127 cm³/mol. The average molecular weight is 448 g/mol. The van der Waals surface area contributed by atoms with Crippen molar-refractivity contribution in [1.82, 2.24) is 25.0 Å². The molecule has 8 nitrogen and oxygen atoms in total. The van der Waals surface area contributed by atoms with Gasteiger partial charge in [-0.2, -0.15) is 5.10 Å². The standard InChI is InChI=1S/C23H25N7OS/c1-14-11-15(2)30(28-14)22-9-8-21(26-27-22)29-10-4-5-17(13-29)23(31)25-18-6-7-20-19(12-18)24-16(3)32-20/h6-9,11-12,17H,4-5,10,13H2,1-3H3,(H,25,31)/t17-/m0/s1. The molecule has 9 heteroatoms. The van der Waals surface area contributed by atoms with Crippen LogP contribution in [0.5, 0.6) is 0 Å². The molecule has 1 fully saturated rings. The summed E-state index contributed by atoms with van der Waals surface area (Å²) in [4.78, 5) is 19.6.